The molecule has 0 unspecified atom stereocenters. The SMILES string of the molecule is N#Cc1ccc(C#N)c(-n2c3ccc4ccccc4c3c3c4ccccc4ccc32)c1-n1c2ccc(-c3ccccc3)cc2c2c3ccccc3ccc21. The second kappa shape index (κ2) is 11.4. The van der Waals surface area contributed by atoms with E-state index in [-0.39, 0.29) is 0 Å². The van der Waals surface area contributed by atoms with Gasteiger partial charge >= 0.3 is 0 Å². The smallest absolute Gasteiger partial charge is 0.101 e. The number of rotatable bonds is 3. The molecule has 0 aliphatic rings. The standard InChI is InChI=1S/C50H28N4/c51-29-36-18-19-37(30-52)50(54-44-26-21-33-13-5-8-16-39(33)47(44)48-40-17-9-6-14-34(40)22-27-45(48)54)49(36)53-42-24-23-35(31-10-2-1-3-11-31)28-41(42)46-38-15-7-4-12-32(38)20-25-43(46)53/h1-28H. The fraction of sp³-hybridized carbons (Fsp3) is 0. The van der Waals surface area contributed by atoms with Gasteiger partial charge in [0.2, 0.25) is 0 Å². The summed E-state index contributed by atoms with van der Waals surface area (Å²) in [4.78, 5) is 0. The minimum absolute atomic E-state index is 0.486. The third-order valence-corrected chi connectivity index (χ3v) is 11.1. The van der Waals surface area contributed by atoms with Crippen LogP contribution in [0.4, 0.5) is 0 Å². The fourth-order valence-electron chi connectivity index (χ4n) is 8.84. The molecular formula is C50H28N4. The molecule has 0 aliphatic carbocycles. The molecule has 0 radical (unpaired) electrons. The van der Waals surface area contributed by atoms with Crippen molar-refractivity contribution in [2.75, 3.05) is 0 Å². The first kappa shape index (κ1) is 30.0. The largest absolute Gasteiger partial charge is 0.306 e. The van der Waals surface area contributed by atoms with Crippen LogP contribution in [0.5, 0.6) is 0 Å². The molecule has 9 aromatic carbocycles. The summed E-state index contributed by atoms with van der Waals surface area (Å²) in [5.74, 6) is 0. The molecule has 0 amide bonds. The summed E-state index contributed by atoms with van der Waals surface area (Å²) < 4.78 is 4.45. The molecule has 0 spiro atoms. The average molecular weight is 685 g/mol. The lowest BCUT2D eigenvalue weighted by atomic mass is 10.00. The van der Waals surface area contributed by atoms with Gasteiger partial charge in [-0.1, -0.05) is 127 Å². The molecule has 2 aromatic heterocycles. The Balaban J connectivity index is 1.36. The van der Waals surface area contributed by atoms with Crippen molar-refractivity contribution in [3.8, 4) is 34.6 Å². The van der Waals surface area contributed by atoms with Crippen LogP contribution >= 0.6 is 0 Å². The van der Waals surface area contributed by atoms with Gasteiger partial charge < -0.3 is 9.13 Å². The first-order chi connectivity index (χ1) is 26.7. The molecule has 11 rings (SSSR count). The lowest BCUT2D eigenvalue weighted by Gasteiger charge is -2.19. The third kappa shape index (κ3) is 4.11. The van der Waals surface area contributed by atoms with E-state index in [1.165, 1.54) is 0 Å². The maximum absolute atomic E-state index is 11.0. The molecule has 2 heterocycles. The van der Waals surface area contributed by atoms with Gasteiger partial charge in [0.15, 0.2) is 0 Å². The second-order valence-corrected chi connectivity index (χ2v) is 13.9. The normalized spacial score (nSPS) is 11.7. The predicted octanol–water partition coefficient (Wildman–Crippen LogP) is 12.8. The van der Waals surface area contributed by atoms with Crippen molar-refractivity contribution in [2.24, 2.45) is 0 Å². The first-order valence-electron chi connectivity index (χ1n) is 18.1. The quantitative estimate of drug-likeness (QED) is 0.186. The molecule has 0 atom stereocenters. The van der Waals surface area contributed by atoms with Crippen LogP contribution in [0.15, 0.2) is 170 Å². The van der Waals surface area contributed by atoms with Gasteiger partial charge in [-0.15, -0.1) is 0 Å². The summed E-state index contributed by atoms with van der Waals surface area (Å²) in [5.41, 5.74) is 8.47. The van der Waals surface area contributed by atoms with E-state index in [0.29, 0.717) is 22.5 Å². The van der Waals surface area contributed by atoms with E-state index in [1.54, 1.807) is 12.1 Å². The number of hydrogen-bond acceptors (Lipinski definition) is 2. The summed E-state index contributed by atoms with van der Waals surface area (Å²) >= 11 is 0. The van der Waals surface area contributed by atoms with E-state index in [9.17, 15) is 10.5 Å². The summed E-state index contributed by atoms with van der Waals surface area (Å²) in [6.45, 7) is 0. The molecule has 0 fully saturated rings. The van der Waals surface area contributed by atoms with Crippen LogP contribution in [-0.2, 0) is 0 Å². The minimum Gasteiger partial charge on any atom is -0.306 e. The van der Waals surface area contributed by atoms with E-state index in [1.807, 2.05) is 6.07 Å². The van der Waals surface area contributed by atoms with Crippen molar-refractivity contribution in [1.29, 1.82) is 10.5 Å². The van der Waals surface area contributed by atoms with Crippen molar-refractivity contribution >= 4 is 75.9 Å². The topological polar surface area (TPSA) is 57.4 Å². The van der Waals surface area contributed by atoms with Crippen LogP contribution < -0.4 is 0 Å². The highest BCUT2D eigenvalue weighted by atomic mass is 15.1. The van der Waals surface area contributed by atoms with Crippen molar-refractivity contribution in [1.82, 2.24) is 9.13 Å². The van der Waals surface area contributed by atoms with Gasteiger partial charge in [0, 0.05) is 21.5 Å². The van der Waals surface area contributed by atoms with Crippen molar-refractivity contribution in [3.63, 3.8) is 0 Å². The highest BCUT2D eigenvalue weighted by Crippen LogP contribution is 2.45. The van der Waals surface area contributed by atoms with E-state index in [4.69, 9.17) is 0 Å². The molecule has 4 heteroatoms. The van der Waals surface area contributed by atoms with Crippen LogP contribution in [0, 0.1) is 22.7 Å². The zero-order valence-electron chi connectivity index (χ0n) is 29.0. The molecule has 0 saturated carbocycles. The number of nitrogens with zero attached hydrogens (tertiary/aromatic N) is 4. The van der Waals surface area contributed by atoms with Crippen molar-refractivity contribution < 1.29 is 0 Å². The Morgan fingerprint density at radius 3 is 1.28 bits per heavy atom. The van der Waals surface area contributed by atoms with E-state index < -0.39 is 0 Å². The van der Waals surface area contributed by atoms with Crippen LogP contribution in [0.1, 0.15) is 11.1 Å². The Morgan fingerprint density at radius 1 is 0.333 bits per heavy atom. The van der Waals surface area contributed by atoms with Gasteiger partial charge in [-0.25, -0.2) is 0 Å². The summed E-state index contributed by atoms with van der Waals surface area (Å²) in [7, 11) is 0. The first-order valence-corrected chi connectivity index (χ1v) is 18.1. The Kier molecular flexibility index (Phi) is 6.35. The summed E-state index contributed by atoms with van der Waals surface area (Å²) in [5, 5.41) is 33.2. The molecular weight excluding hydrogens is 657 g/mol. The number of aromatic nitrogens is 2. The Bertz CT molecular complexity index is 3370. The molecule has 0 bridgehead atoms. The number of hydrogen-bond donors (Lipinski definition) is 0. The molecule has 0 saturated heterocycles. The molecule has 54 heavy (non-hydrogen) atoms. The second-order valence-electron chi connectivity index (χ2n) is 13.9. The zero-order chi connectivity index (χ0) is 35.9. The summed E-state index contributed by atoms with van der Waals surface area (Å²) in [6, 6.07) is 64.2. The molecule has 0 aliphatic heterocycles. The Morgan fingerprint density at radius 2 is 0.759 bits per heavy atom. The maximum Gasteiger partial charge on any atom is 0.101 e. The fourth-order valence-corrected chi connectivity index (χ4v) is 8.84. The molecule has 11 aromatic rings. The van der Waals surface area contributed by atoms with Crippen LogP contribution in [-0.4, -0.2) is 9.13 Å². The monoisotopic (exact) mass is 684 g/mol. The van der Waals surface area contributed by atoms with Gasteiger partial charge in [0.1, 0.15) is 12.1 Å². The number of fused-ring (bicyclic) bond motifs is 12. The van der Waals surface area contributed by atoms with Crippen LogP contribution in [0.3, 0.4) is 0 Å². The number of benzene rings is 9. The highest BCUT2D eigenvalue weighted by Gasteiger charge is 2.26. The minimum atomic E-state index is 0.486. The Hall–Kier alpha value is -7.66. The van der Waals surface area contributed by atoms with Gasteiger partial charge in [-0.05, 0) is 85.9 Å². The molecule has 248 valence electrons. The lowest BCUT2D eigenvalue weighted by molar-refractivity contribution is 1.08. The molecule has 4 nitrogen and oxygen atoms in total. The zero-order valence-corrected chi connectivity index (χ0v) is 29.0. The highest BCUT2D eigenvalue weighted by molar-refractivity contribution is 6.29. The predicted molar refractivity (Wildman–Crippen MR) is 223 cm³/mol. The van der Waals surface area contributed by atoms with Crippen LogP contribution in [0.2, 0.25) is 0 Å². The van der Waals surface area contributed by atoms with Gasteiger partial charge in [0.05, 0.1) is 44.6 Å². The van der Waals surface area contributed by atoms with E-state index in [0.717, 1.165) is 87.1 Å². The van der Waals surface area contributed by atoms with Crippen LogP contribution in [0.25, 0.3) is 98.4 Å². The lowest BCUT2D eigenvalue weighted by Crippen LogP contribution is -2.08. The number of nitriles is 2. The van der Waals surface area contributed by atoms with Crippen molar-refractivity contribution in [3.05, 3.63) is 181 Å². The Labute approximate surface area is 310 Å². The van der Waals surface area contributed by atoms with E-state index in [2.05, 4.69) is 173 Å². The van der Waals surface area contributed by atoms with E-state index >= 15 is 0 Å². The van der Waals surface area contributed by atoms with Gasteiger partial charge in [-0.2, -0.15) is 10.5 Å². The third-order valence-electron chi connectivity index (χ3n) is 11.1. The van der Waals surface area contributed by atoms with Gasteiger partial charge in [0.25, 0.3) is 0 Å². The maximum atomic E-state index is 11.0. The average Bonchev–Trinajstić information content (AvgIpc) is 3.76. The summed E-state index contributed by atoms with van der Waals surface area (Å²) in [6.07, 6.45) is 0. The molecule has 0 N–H and O–H groups in total. The van der Waals surface area contributed by atoms with Crippen molar-refractivity contribution in [2.45, 2.75) is 0 Å². The van der Waals surface area contributed by atoms with Gasteiger partial charge in [-0.3, -0.25) is 0 Å².